The standard InChI is InChI=1S/C15H15F6NO/c1-8(2)22(12-3-4-12)13(23)9-5-10(14(16,17)18)7-11(6-9)15(19,20)21/h5-8,12H,3-4H2,1-2H3. The van der Waals surface area contributed by atoms with Crippen LogP contribution in [0.15, 0.2) is 18.2 Å². The Labute approximate surface area is 129 Å². The Hall–Kier alpha value is -1.73. The lowest BCUT2D eigenvalue weighted by Crippen LogP contribution is -2.39. The molecule has 0 unspecified atom stereocenters. The third kappa shape index (κ3) is 3.97. The molecule has 0 spiro atoms. The molecule has 128 valence electrons. The summed E-state index contributed by atoms with van der Waals surface area (Å²) in [5.74, 6) is -0.806. The maximum atomic E-state index is 12.8. The second-order valence-electron chi connectivity index (χ2n) is 5.83. The molecule has 1 saturated carbocycles. The van der Waals surface area contributed by atoms with Crippen molar-refractivity contribution in [2.75, 3.05) is 0 Å². The van der Waals surface area contributed by atoms with E-state index >= 15 is 0 Å². The molecular weight excluding hydrogens is 324 g/mol. The van der Waals surface area contributed by atoms with Gasteiger partial charge in [-0.15, -0.1) is 0 Å². The Morgan fingerprint density at radius 3 is 1.74 bits per heavy atom. The van der Waals surface area contributed by atoms with Crippen molar-refractivity contribution in [1.82, 2.24) is 4.90 Å². The van der Waals surface area contributed by atoms with E-state index in [4.69, 9.17) is 0 Å². The second-order valence-corrected chi connectivity index (χ2v) is 5.83. The second kappa shape index (κ2) is 5.72. The van der Waals surface area contributed by atoms with Gasteiger partial charge in [0.15, 0.2) is 0 Å². The number of alkyl halides is 6. The molecule has 0 atom stereocenters. The Kier molecular flexibility index (Phi) is 4.38. The van der Waals surface area contributed by atoms with Crippen LogP contribution < -0.4 is 0 Å². The van der Waals surface area contributed by atoms with Gasteiger partial charge in [0.2, 0.25) is 0 Å². The summed E-state index contributed by atoms with van der Waals surface area (Å²) in [7, 11) is 0. The molecule has 0 N–H and O–H groups in total. The van der Waals surface area contributed by atoms with Crippen LogP contribution in [0.25, 0.3) is 0 Å². The Morgan fingerprint density at radius 2 is 1.43 bits per heavy atom. The van der Waals surface area contributed by atoms with Crippen LogP contribution in [0.4, 0.5) is 26.3 Å². The first-order valence-electron chi connectivity index (χ1n) is 7.03. The fourth-order valence-electron chi connectivity index (χ4n) is 2.40. The van der Waals surface area contributed by atoms with Gasteiger partial charge in [0, 0.05) is 17.6 Å². The van der Waals surface area contributed by atoms with E-state index in [0.717, 1.165) is 0 Å². The van der Waals surface area contributed by atoms with Gasteiger partial charge in [-0.05, 0) is 44.9 Å². The highest BCUT2D eigenvalue weighted by molar-refractivity contribution is 5.95. The molecule has 0 aromatic heterocycles. The summed E-state index contributed by atoms with van der Waals surface area (Å²) in [5, 5.41) is 0. The smallest absolute Gasteiger partial charge is 0.333 e. The van der Waals surface area contributed by atoms with E-state index in [1.54, 1.807) is 13.8 Å². The fraction of sp³-hybridized carbons (Fsp3) is 0.533. The molecule has 0 radical (unpaired) electrons. The lowest BCUT2D eigenvalue weighted by Gasteiger charge is -2.27. The van der Waals surface area contributed by atoms with E-state index in [-0.39, 0.29) is 18.2 Å². The molecule has 1 aliphatic carbocycles. The molecule has 1 fully saturated rings. The number of rotatable bonds is 3. The minimum absolute atomic E-state index is 0.0214. The van der Waals surface area contributed by atoms with Gasteiger partial charge in [0.05, 0.1) is 11.1 Å². The number of hydrogen-bond acceptors (Lipinski definition) is 1. The molecule has 2 nitrogen and oxygen atoms in total. The van der Waals surface area contributed by atoms with Gasteiger partial charge in [-0.3, -0.25) is 4.79 Å². The highest BCUT2D eigenvalue weighted by atomic mass is 19.4. The third-order valence-corrected chi connectivity index (χ3v) is 3.57. The summed E-state index contributed by atoms with van der Waals surface area (Å²) in [6.07, 6.45) is -8.51. The van der Waals surface area contributed by atoms with Gasteiger partial charge < -0.3 is 4.90 Å². The van der Waals surface area contributed by atoms with E-state index in [9.17, 15) is 31.1 Å². The van der Waals surface area contributed by atoms with Crippen LogP contribution in [0.1, 0.15) is 48.2 Å². The lowest BCUT2D eigenvalue weighted by atomic mass is 10.0. The number of carbonyl (C=O) groups excluding carboxylic acids is 1. The van der Waals surface area contributed by atoms with Crippen LogP contribution in [0.3, 0.4) is 0 Å². The summed E-state index contributed by atoms with van der Waals surface area (Å²) in [5.41, 5.74) is -3.54. The minimum Gasteiger partial charge on any atom is -0.333 e. The lowest BCUT2D eigenvalue weighted by molar-refractivity contribution is -0.143. The van der Waals surface area contributed by atoms with Gasteiger partial charge in [-0.25, -0.2) is 0 Å². The largest absolute Gasteiger partial charge is 0.416 e. The number of amides is 1. The van der Waals surface area contributed by atoms with Crippen LogP contribution in [-0.4, -0.2) is 22.9 Å². The highest BCUT2D eigenvalue weighted by Gasteiger charge is 2.40. The SMILES string of the molecule is CC(C)N(C(=O)c1cc(C(F)(F)F)cc(C(F)(F)F)c1)C1CC1. The van der Waals surface area contributed by atoms with Crippen molar-refractivity contribution < 1.29 is 31.1 Å². The zero-order chi connectivity index (χ0) is 17.6. The van der Waals surface area contributed by atoms with E-state index < -0.39 is 35.0 Å². The van der Waals surface area contributed by atoms with Crippen molar-refractivity contribution in [2.24, 2.45) is 0 Å². The van der Waals surface area contributed by atoms with Crippen molar-refractivity contribution in [3.8, 4) is 0 Å². The van der Waals surface area contributed by atoms with Gasteiger partial charge in [-0.2, -0.15) is 26.3 Å². The fourth-order valence-corrected chi connectivity index (χ4v) is 2.40. The zero-order valence-electron chi connectivity index (χ0n) is 12.4. The Bertz CT molecular complexity index is 567. The van der Waals surface area contributed by atoms with Crippen molar-refractivity contribution in [1.29, 1.82) is 0 Å². The maximum absolute atomic E-state index is 12.8. The molecule has 0 aliphatic heterocycles. The normalized spacial score (nSPS) is 15.9. The predicted octanol–water partition coefficient (Wildman–Crippen LogP) is 4.74. The summed E-state index contributed by atoms with van der Waals surface area (Å²) < 4.78 is 77.0. The molecular formula is C15H15F6NO. The monoisotopic (exact) mass is 339 g/mol. The highest BCUT2D eigenvalue weighted by Crippen LogP contribution is 2.37. The van der Waals surface area contributed by atoms with Crippen molar-refractivity contribution in [3.63, 3.8) is 0 Å². The van der Waals surface area contributed by atoms with E-state index in [0.29, 0.717) is 25.0 Å². The van der Waals surface area contributed by atoms with E-state index in [1.165, 1.54) is 4.90 Å². The average molecular weight is 339 g/mol. The number of benzene rings is 1. The van der Waals surface area contributed by atoms with Crippen LogP contribution in [0.5, 0.6) is 0 Å². The van der Waals surface area contributed by atoms with E-state index in [1.807, 2.05) is 0 Å². The van der Waals surface area contributed by atoms with Crippen LogP contribution >= 0.6 is 0 Å². The van der Waals surface area contributed by atoms with Gasteiger partial charge in [0.1, 0.15) is 0 Å². The first-order valence-corrected chi connectivity index (χ1v) is 7.03. The van der Waals surface area contributed by atoms with Crippen molar-refractivity contribution in [3.05, 3.63) is 34.9 Å². The summed E-state index contributed by atoms with van der Waals surface area (Å²) in [6, 6.07) is 0.559. The average Bonchev–Trinajstić information content (AvgIpc) is 3.20. The summed E-state index contributed by atoms with van der Waals surface area (Å²) in [6.45, 7) is 3.35. The minimum atomic E-state index is -4.96. The Morgan fingerprint density at radius 1 is 1.00 bits per heavy atom. The summed E-state index contributed by atoms with van der Waals surface area (Å²) >= 11 is 0. The topological polar surface area (TPSA) is 20.3 Å². The van der Waals surface area contributed by atoms with Crippen LogP contribution in [0, 0.1) is 0 Å². The van der Waals surface area contributed by atoms with Gasteiger partial charge >= 0.3 is 12.4 Å². The number of hydrogen-bond donors (Lipinski definition) is 0. The molecule has 1 aromatic carbocycles. The molecule has 23 heavy (non-hydrogen) atoms. The Balaban J connectivity index is 2.50. The van der Waals surface area contributed by atoms with Crippen LogP contribution in [-0.2, 0) is 12.4 Å². The van der Waals surface area contributed by atoms with Gasteiger partial charge in [0.25, 0.3) is 5.91 Å². The first kappa shape index (κ1) is 17.6. The quantitative estimate of drug-likeness (QED) is 0.729. The molecule has 0 saturated heterocycles. The molecule has 0 heterocycles. The van der Waals surface area contributed by atoms with Gasteiger partial charge in [-0.1, -0.05) is 0 Å². The molecule has 2 rings (SSSR count). The van der Waals surface area contributed by atoms with Crippen LogP contribution in [0.2, 0.25) is 0 Å². The summed E-state index contributed by atoms with van der Waals surface area (Å²) in [4.78, 5) is 13.8. The molecule has 8 heteroatoms. The van der Waals surface area contributed by atoms with Crippen molar-refractivity contribution in [2.45, 2.75) is 51.1 Å². The number of carbonyl (C=O) groups is 1. The number of halogens is 6. The maximum Gasteiger partial charge on any atom is 0.416 e. The van der Waals surface area contributed by atoms with E-state index in [2.05, 4.69) is 0 Å². The zero-order valence-corrected chi connectivity index (χ0v) is 12.4. The molecule has 0 bridgehead atoms. The number of nitrogens with zero attached hydrogens (tertiary/aromatic N) is 1. The molecule has 1 aliphatic rings. The van der Waals surface area contributed by atoms with Crippen molar-refractivity contribution >= 4 is 5.91 Å². The molecule has 1 amide bonds. The molecule has 1 aromatic rings. The predicted molar refractivity (Wildman–Crippen MR) is 70.8 cm³/mol. The third-order valence-electron chi connectivity index (χ3n) is 3.57. The first-order chi connectivity index (χ1) is 10.4.